The molecule has 10 heteroatoms. The standard InChI is InChI=1S/C46H48O7P2S/c47-45(48)35-19-21-37-54(39-23-7-1-8-24-39,40-25-9-2-10-26-40,41-27-11-3-12-28-41)52-56(51)53-55(38-22-20-36-46(49)50,42-29-13-4-14-30-42,43-31-15-5-16-32-43)44-33-17-6-18-34-44/h1-18,23-34H,19-22,35-38H2,(H,47,48)(H,49,50). The van der Waals surface area contributed by atoms with Crippen LogP contribution in [0.5, 0.6) is 0 Å². The van der Waals surface area contributed by atoms with Crippen molar-refractivity contribution in [3.05, 3.63) is 182 Å². The van der Waals surface area contributed by atoms with E-state index in [4.69, 9.17) is 7.94 Å². The van der Waals surface area contributed by atoms with Crippen LogP contribution in [-0.4, -0.2) is 38.7 Å². The molecular weight excluding hydrogens is 759 g/mol. The second-order valence-corrected chi connectivity index (χ2v) is 24.4. The third kappa shape index (κ3) is 7.78. The SMILES string of the molecule is O=C(O)CCCCP(OS(=O)OP(CCCCC(=O)O)(c1ccccc1)(c1ccccc1)c1ccccc1)(c1ccccc1)(c1ccccc1)c1ccccc1. The van der Waals surface area contributed by atoms with Gasteiger partial charge in [0.25, 0.3) is 0 Å². The van der Waals surface area contributed by atoms with Crippen LogP contribution in [0.1, 0.15) is 38.5 Å². The molecule has 0 bridgehead atoms. The zero-order chi connectivity index (χ0) is 39.4. The molecule has 0 aliphatic rings. The van der Waals surface area contributed by atoms with Crippen LogP contribution < -0.4 is 31.8 Å². The minimum absolute atomic E-state index is 0.0204. The Labute approximate surface area is 332 Å². The van der Waals surface area contributed by atoms with Crippen LogP contribution in [0.15, 0.2) is 182 Å². The summed E-state index contributed by atoms with van der Waals surface area (Å²) in [5.74, 6) is -1.77. The summed E-state index contributed by atoms with van der Waals surface area (Å²) in [6, 6.07) is 59.3. The number of benzene rings is 6. The van der Waals surface area contributed by atoms with Crippen LogP contribution in [0, 0.1) is 0 Å². The van der Waals surface area contributed by atoms with Gasteiger partial charge in [-0.15, -0.1) is 0 Å². The molecule has 0 fully saturated rings. The predicted molar refractivity (Wildman–Crippen MR) is 233 cm³/mol. The van der Waals surface area contributed by atoms with Gasteiger partial charge in [-0.2, -0.15) is 0 Å². The number of hydrogen-bond donors (Lipinski definition) is 2. The molecule has 0 atom stereocenters. The van der Waals surface area contributed by atoms with Crippen molar-refractivity contribution in [2.24, 2.45) is 0 Å². The summed E-state index contributed by atoms with van der Waals surface area (Å²) in [7, 11) is 0. The molecule has 2 N–H and O–H groups in total. The fraction of sp³-hybridized carbons (Fsp3) is 0.174. The molecule has 0 aliphatic carbocycles. The number of unbranched alkanes of at least 4 members (excludes halogenated alkanes) is 2. The van der Waals surface area contributed by atoms with Gasteiger partial charge in [0.15, 0.2) is 0 Å². The molecule has 0 aromatic heterocycles. The van der Waals surface area contributed by atoms with E-state index in [9.17, 15) is 19.8 Å². The molecule has 0 unspecified atom stereocenters. The maximum absolute atomic E-state index is 16.0. The second-order valence-electron chi connectivity index (χ2n) is 13.9. The quantitative estimate of drug-likeness (QED) is 0.0595. The van der Waals surface area contributed by atoms with Gasteiger partial charge in [-0.3, -0.25) is 0 Å². The Bertz CT molecular complexity index is 1850. The van der Waals surface area contributed by atoms with E-state index in [2.05, 4.69) is 0 Å². The molecule has 0 spiro atoms. The third-order valence-electron chi connectivity index (χ3n) is 10.7. The van der Waals surface area contributed by atoms with Gasteiger partial charge in [-0.1, -0.05) is 0 Å². The Kier molecular flexibility index (Phi) is 13.1. The molecule has 6 aromatic carbocycles. The summed E-state index contributed by atoms with van der Waals surface area (Å²) in [5, 5.41) is 24.4. The minimum atomic E-state index is -4.32. The van der Waals surface area contributed by atoms with E-state index in [0.29, 0.717) is 38.0 Å². The van der Waals surface area contributed by atoms with Gasteiger partial charge in [0.2, 0.25) is 0 Å². The van der Waals surface area contributed by atoms with Crippen molar-refractivity contribution in [2.75, 3.05) is 12.3 Å². The van der Waals surface area contributed by atoms with E-state index < -0.39 is 37.0 Å². The molecule has 0 radical (unpaired) electrons. The number of carboxylic acids is 2. The van der Waals surface area contributed by atoms with Crippen molar-refractivity contribution in [1.29, 1.82) is 0 Å². The van der Waals surface area contributed by atoms with Gasteiger partial charge in [0.05, 0.1) is 0 Å². The topological polar surface area (TPSA) is 110 Å². The molecule has 6 rings (SSSR count). The molecule has 0 heterocycles. The van der Waals surface area contributed by atoms with Crippen molar-refractivity contribution in [3.63, 3.8) is 0 Å². The first kappa shape index (κ1) is 40.8. The van der Waals surface area contributed by atoms with E-state index in [1.807, 2.05) is 182 Å². The number of aliphatic carboxylic acids is 2. The number of rotatable bonds is 20. The number of hydrogen-bond acceptors (Lipinski definition) is 5. The van der Waals surface area contributed by atoms with Crippen LogP contribution >= 0.6 is 13.7 Å². The van der Waals surface area contributed by atoms with E-state index >= 15 is 4.21 Å². The normalized spacial score (nSPS) is 13.7. The van der Waals surface area contributed by atoms with Gasteiger partial charge in [0, 0.05) is 0 Å². The van der Waals surface area contributed by atoms with Crippen molar-refractivity contribution in [3.8, 4) is 0 Å². The summed E-state index contributed by atoms with van der Waals surface area (Å²) >= 11 is -2.49. The van der Waals surface area contributed by atoms with E-state index in [1.54, 1.807) is 0 Å². The van der Waals surface area contributed by atoms with Crippen LogP contribution in [0.3, 0.4) is 0 Å². The van der Waals surface area contributed by atoms with Crippen LogP contribution in [0.2, 0.25) is 0 Å². The Balaban J connectivity index is 1.67. The first-order valence-electron chi connectivity index (χ1n) is 18.9. The van der Waals surface area contributed by atoms with Gasteiger partial charge < -0.3 is 0 Å². The average Bonchev–Trinajstić information content (AvgIpc) is 3.25. The Morgan fingerprint density at radius 3 is 0.804 bits per heavy atom. The third-order valence-corrected chi connectivity index (χ3v) is 25.0. The Morgan fingerprint density at radius 1 is 0.393 bits per heavy atom. The number of carboxylic acid groups (broad SMARTS) is 2. The molecule has 6 aromatic rings. The molecule has 0 saturated heterocycles. The molecule has 0 aliphatic heterocycles. The zero-order valence-corrected chi connectivity index (χ0v) is 33.8. The zero-order valence-electron chi connectivity index (χ0n) is 31.2. The van der Waals surface area contributed by atoms with Crippen LogP contribution in [0.25, 0.3) is 0 Å². The van der Waals surface area contributed by atoms with Gasteiger partial charge >= 0.3 is 334 Å². The second kappa shape index (κ2) is 18.0. The van der Waals surface area contributed by atoms with Gasteiger partial charge in [0.1, 0.15) is 0 Å². The molecule has 290 valence electrons. The Morgan fingerprint density at radius 2 is 0.607 bits per heavy atom. The summed E-state index contributed by atoms with van der Waals surface area (Å²) in [6.45, 7) is -8.63. The maximum atomic E-state index is 16.0. The molecule has 0 amide bonds. The molecule has 7 nitrogen and oxygen atoms in total. The number of carbonyl (C=O) groups is 2. The van der Waals surface area contributed by atoms with Crippen molar-refractivity contribution < 1.29 is 32.0 Å². The predicted octanol–water partition coefficient (Wildman–Crippen LogP) is 8.00. The molecule has 56 heavy (non-hydrogen) atoms. The molecule has 0 saturated carbocycles. The summed E-state index contributed by atoms with van der Waals surface area (Å²) in [5.41, 5.74) is 0. The fourth-order valence-electron chi connectivity index (χ4n) is 8.12. The first-order valence-corrected chi connectivity index (χ1v) is 24.5. The van der Waals surface area contributed by atoms with Gasteiger partial charge in [-0.25, -0.2) is 0 Å². The van der Waals surface area contributed by atoms with E-state index in [0.717, 1.165) is 31.8 Å². The Hall–Kier alpha value is -4.81. The van der Waals surface area contributed by atoms with E-state index in [-0.39, 0.29) is 12.8 Å². The van der Waals surface area contributed by atoms with Crippen molar-refractivity contribution >= 4 is 68.8 Å². The van der Waals surface area contributed by atoms with Crippen LogP contribution in [0.4, 0.5) is 0 Å². The first-order chi connectivity index (χ1) is 27.2. The summed E-state index contributed by atoms with van der Waals surface area (Å²) < 4.78 is 31.1. The van der Waals surface area contributed by atoms with Gasteiger partial charge in [-0.05, 0) is 0 Å². The van der Waals surface area contributed by atoms with Crippen molar-refractivity contribution in [1.82, 2.24) is 0 Å². The van der Waals surface area contributed by atoms with Crippen LogP contribution in [-0.2, 0) is 28.9 Å². The monoisotopic (exact) mass is 806 g/mol. The fourth-order valence-corrected chi connectivity index (χ4v) is 23.1. The molecular formula is C46H48O7P2S. The van der Waals surface area contributed by atoms with E-state index in [1.165, 1.54) is 0 Å². The summed E-state index contributed by atoms with van der Waals surface area (Å²) in [6.07, 6.45) is 2.39. The van der Waals surface area contributed by atoms with Crippen molar-refractivity contribution in [2.45, 2.75) is 38.5 Å². The average molecular weight is 807 g/mol. The summed E-state index contributed by atoms with van der Waals surface area (Å²) in [4.78, 5) is 23.6.